The molecule has 0 radical (unpaired) electrons. The van der Waals surface area contributed by atoms with Crippen LogP contribution < -0.4 is 5.32 Å². The summed E-state index contributed by atoms with van der Waals surface area (Å²) < 4.78 is 5.32. The third kappa shape index (κ3) is 6.29. The minimum Gasteiger partial charge on any atom is -0.384 e. The maximum absolute atomic E-state index is 5.32. The van der Waals surface area contributed by atoms with E-state index in [9.17, 15) is 0 Å². The van der Waals surface area contributed by atoms with Crippen LogP contribution in [0, 0.1) is 6.92 Å². The molecule has 1 aromatic carbocycles. The van der Waals surface area contributed by atoms with Crippen LogP contribution in [0.25, 0.3) is 0 Å². The summed E-state index contributed by atoms with van der Waals surface area (Å²) in [7, 11) is 2.12. The first kappa shape index (κ1) is 14.0. The molecule has 96 valence electrons. The second-order valence-electron chi connectivity index (χ2n) is 4.30. The van der Waals surface area contributed by atoms with Gasteiger partial charge in [0.05, 0.1) is 6.61 Å². The van der Waals surface area contributed by atoms with Crippen LogP contribution in [0.3, 0.4) is 0 Å². The van der Waals surface area contributed by atoms with Gasteiger partial charge < -0.3 is 15.0 Å². The van der Waals surface area contributed by atoms with E-state index >= 15 is 0 Å². The van der Waals surface area contributed by atoms with Crippen molar-refractivity contribution in [2.24, 2.45) is 0 Å². The van der Waals surface area contributed by atoms with Crippen molar-refractivity contribution in [2.75, 3.05) is 45.2 Å². The topological polar surface area (TPSA) is 24.5 Å². The summed E-state index contributed by atoms with van der Waals surface area (Å²) in [6.07, 6.45) is 0. The lowest BCUT2D eigenvalue weighted by molar-refractivity contribution is 0.123. The zero-order chi connectivity index (χ0) is 12.5. The van der Waals surface area contributed by atoms with Crippen molar-refractivity contribution >= 4 is 5.69 Å². The van der Waals surface area contributed by atoms with Gasteiger partial charge in [-0.1, -0.05) is 12.1 Å². The van der Waals surface area contributed by atoms with Crippen LogP contribution in [-0.2, 0) is 4.74 Å². The normalized spacial score (nSPS) is 10.8. The number of likely N-dealkylation sites (N-methyl/N-ethyl adjacent to an activating group) is 1. The molecule has 0 unspecified atom stereocenters. The summed E-state index contributed by atoms with van der Waals surface area (Å²) >= 11 is 0. The standard InChI is InChI=1S/C14H24N2O/c1-4-17-11-10-16(3)9-8-15-14-7-5-6-13(2)12-14/h5-7,12,15H,4,8-11H2,1-3H3. The van der Waals surface area contributed by atoms with Crippen molar-refractivity contribution in [2.45, 2.75) is 13.8 Å². The minimum atomic E-state index is 0.801. The number of nitrogens with zero attached hydrogens (tertiary/aromatic N) is 1. The van der Waals surface area contributed by atoms with E-state index in [2.05, 4.69) is 48.5 Å². The second kappa shape index (κ2) is 8.09. The van der Waals surface area contributed by atoms with Crippen molar-refractivity contribution in [3.63, 3.8) is 0 Å². The summed E-state index contributed by atoms with van der Waals surface area (Å²) in [5.41, 5.74) is 2.49. The predicted molar refractivity (Wildman–Crippen MR) is 73.7 cm³/mol. The van der Waals surface area contributed by atoms with E-state index in [1.807, 2.05) is 6.92 Å². The maximum Gasteiger partial charge on any atom is 0.0593 e. The number of aryl methyl sites for hydroxylation is 1. The van der Waals surface area contributed by atoms with Gasteiger partial charge in [-0.05, 0) is 38.6 Å². The first-order valence-electron chi connectivity index (χ1n) is 6.29. The van der Waals surface area contributed by atoms with Gasteiger partial charge in [-0.2, -0.15) is 0 Å². The highest BCUT2D eigenvalue weighted by Gasteiger charge is 1.98. The molecule has 1 N–H and O–H groups in total. The number of rotatable bonds is 8. The van der Waals surface area contributed by atoms with Crippen LogP contribution in [-0.4, -0.2) is 44.8 Å². The lowest BCUT2D eigenvalue weighted by atomic mass is 10.2. The maximum atomic E-state index is 5.32. The molecule has 1 rings (SSSR count). The molecule has 0 heterocycles. The zero-order valence-electron chi connectivity index (χ0n) is 11.2. The third-order valence-electron chi connectivity index (χ3n) is 2.66. The fraction of sp³-hybridized carbons (Fsp3) is 0.571. The van der Waals surface area contributed by atoms with Gasteiger partial charge in [0, 0.05) is 31.9 Å². The lowest BCUT2D eigenvalue weighted by Crippen LogP contribution is -2.28. The number of hydrogen-bond acceptors (Lipinski definition) is 3. The summed E-state index contributed by atoms with van der Waals surface area (Å²) in [6, 6.07) is 8.46. The molecule has 17 heavy (non-hydrogen) atoms. The molecule has 0 aliphatic heterocycles. The highest BCUT2D eigenvalue weighted by Crippen LogP contribution is 2.08. The molecule has 0 saturated heterocycles. The van der Waals surface area contributed by atoms with Gasteiger partial charge in [-0.3, -0.25) is 0 Å². The van der Waals surface area contributed by atoms with Gasteiger partial charge in [0.25, 0.3) is 0 Å². The Labute approximate surface area is 105 Å². The highest BCUT2D eigenvalue weighted by molar-refractivity contribution is 5.45. The Morgan fingerprint density at radius 3 is 2.82 bits per heavy atom. The fourth-order valence-corrected chi connectivity index (χ4v) is 1.62. The number of ether oxygens (including phenoxy) is 1. The monoisotopic (exact) mass is 236 g/mol. The molecule has 3 heteroatoms. The van der Waals surface area contributed by atoms with E-state index in [0.29, 0.717) is 0 Å². The molecule has 0 saturated carbocycles. The van der Waals surface area contributed by atoms with Crippen molar-refractivity contribution in [1.29, 1.82) is 0 Å². The van der Waals surface area contributed by atoms with Crippen molar-refractivity contribution < 1.29 is 4.74 Å². The summed E-state index contributed by atoms with van der Waals surface area (Å²) in [5, 5.41) is 3.42. The highest BCUT2D eigenvalue weighted by atomic mass is 16.5. The number of nitrogens with one attached hydrogen (secondary N) is 1. The Bertz CT molecular complexity index is 315. The number of hydrogen-bond donors (Lipinski definition) is 1. The largest absolute Gasteiger partial charge is 0.384 e. The molecule has 0 aliphatic rings. The Hall–Kier alpha value is -1.06. The van der Waals surface area contributed by atoms with E-state index in [1.54, 1.807) is 0 Å². The third-order valence-corrected chi connectivity index (χ3v) is 2.66. The molecular weight excluding hydrogens is 212 g/mol. The zero-order valence-corrected chi connectivity index (χ0v) is 11.2. The first-order valence-corrected chi connectivity index (χ1v) is 6.29. The summed E-state index contributed by atoms with van der Waals surface area (Å²) in [6.45, 7) is 8.74. The fourth-order valence-electron chi connectivity index (χ4n) is 1.62. The SMILES string of the molecule is CCOCCN(C)CCNc1cccc(C)c1. The molecule has 0 bridgehead atoms. The average Bonchev–Trinajstić information content (AvgIpc) is 2.29. The Morgan fingerprint density at radius 2 is 2.12 bits per heavy atom. The minimum absolute atomic E-state index is 0.801. The summed E-state index contributed by atoms with van der Waals surface area (Å²) in [4.78, 5) is 2.28. The lowest BCUT2D eigenvalue weighted by Gasteiger charge is -2.17. The molecule has 1 aromatic rings. The van der Waals surface area contributed by atoms with E-state index in [1.165, 1.54) is 11.3 Å². The van der Waals surface area contributed by atoms with Gasteiger partial charge in [0.15, 0.2) is 0 Å². The van der Waals surface area contributed by atoms with Crippen LogP contribution in [0.2, 0.25) is 0 Å². The molecule has 0 fully saturated rings. The molecule has 0 atom stereocenters. The second-order valence-corrected chi connectivity index (χ2v) is 4.30. The molecule has 0 amide bonds. The van der Waals surface area contributed by atoms with Crippen molar-refractivity contribution in [3.8, 4) is 0 Å². The van der Waals surface area contributed by atoms with E-state index in [4.69, 9.17) is 4.74 Å². The van der Waals surface area contributed by atoms with Gasteiger partial charge in [-0.15, -0.1) is 0 Å². The van der Waals surface area contributed by atoms with Gasteiger partial charge >= 0.3 is 0 Å². The van der Waals surface area contributed by atoms with Crippen LogP contribution in [0.1, 0.15) is 12.5 Å². The van der Waals surface area contributed by atoms with Crippen molar-refractivity contribution in [1.82, 2.24) is 4.90 Å². The Kier molecular flexibility index (Phi) is 6.67. The smallest absolute Gasteiger partial charge is 0.0593 e. The summed E-state index contributed by atoms with van der Waals surface area (Å²) in [5.74, 6) is 0. The number of benzene rings is 1. The van der Waals surface area contributed by atoms with Gasteiger partial charge in [0.1, 0.15) is 0 Å². The predicted octanol–water partition coefficient (Wildman–Crippen LogP) is 2.38. The van der Waals surface area contributed by atoms with Crippen LogP contribution >= 0.6 is 0 Å². The van der Waals surface area contributed by atoms with Gasteiger partial charge in [0.2, 0.25) is 0 Å². The van der Waals surface area contributed by atoms with Crippen LogP contribution in [0.5, 0.6) is 0 Å². The van der Waals surface area contributed by atoms with Crippen molar-refractivity contribution in [3.05, 3.63) is 29.8 Å². The van der Waals surface area contributed by atoms with E-state index in [-0.39, 0.29) is 0 Å². The molecule has 0 spiro atoms. The average molecular weight is 236 g/mol. The van der Waals surface area contributed by atoms with E-state index in [0.717, 1.165) is 32.8 Å². The molecule has 0 aliphatic carbocycles. The molecule has 3 nitrogen and oxygen atoms in total. The Morgan fingerprint density at radius 1 is 1.29 bits per heavy atom. The van der Waals surface area contributed by atoms with E-state index < -0.39 is 0 Å². The van der Waals surface area contributed by atoms with Gasteiger partial charge in [-0.25, -0.2) is 0 Å². The quantitative estimate of drug-likeness (QED) is 0.701. The molecular formula is C14H24N2O. The van der Waals surface area contributed by atoms with Crippen LogP contribution in [0.15, 0.2) is 24.3 Å². The first-order chi connectivity index (χ1) is 8.22. The number of anilines is 1. The molecule has 0 aromatic heterocycles. The van der Waals surface area contributed by atoms with Crippen LogP contribution in [0.4, 0.5) is 5.69 Å². The Balaban J connectivity index is 2.14.